The first-order valence-corrected chi connectivity index (χ1v) is 12.6. The number of allylic oxidation sites excluding steroid dienone is 1. The Morgan fingerprint density at radius 1 is 1.14 bits per heavy atom. The lowest BCUT2D eigenvalue weighted by Crippen LogP contribution is -2.39. The normalized spacial score (nSPS) is 15.7. The van der Waals surface area contributed by atoms with Crippen molar-refractivity contribution in [2.24, 2.45) is 4.99 Å². The number of benzene rings is 2. The Hall–Kier alpha value is -3.45. The van der Waals surface area contributed by atoms with E-state index >= 15 is 0 Å². The number of anilines is 1. The molecule has 35 heavy (non-hydrogen) atoms. The van der Waals surface area contributed by atoms with Gasteiger partial charge >= 0.3 is 5.97 Å². The van der Waals surface area contributed by atoms with Gasteiger partial charge < -0.3 is 9.64 Å². The molecular formula is C28H31N3O3S. The van der Waals surface area contributed by atoms with Crippen LogP contribution in [0.1, 0.15) is 56.3 Å². The van der Waals surface area contributed by atoms with Crippen molar-refractivity contribution in [1.29, 1.82) is 0 Å². The molecule has 0 unspecified atom stereocenters. The summed E-state index contributed by atoms with van der Waals surface area (Å²) in [5, 5.41) is 0. The Labute approximate surface area is 209 Å². The van der Waals surface area contributed by atoms with Crippen molar-refractivity contribution in [1.82, 2.24) is 4.57 Å². The Morgan fingerprint density at radius 3 is 2.37 bits per heavy atom. The highest BCUT2D eigenvalue weighted by atomic mass is 32.1. The maximum absolute atomic E-state index is 13.7. The third-order valence-electron chi connectivity index (χ3n) is 6.14. The minimum absolute atomic E-state index is 0.169. The molecular weight excluding hydrogens is 458 g/mol. The minimum Gasteiger partial charge on any atom is -0.463 e. The van der Waals surface area contributed by atoms with Gasteiger partial charge in [0.15, 0.2) is 4.80 Å². The van der Waals surface area contributed by atoms with Crippen LogP contribution in [0.5, 0.6) is 0 Å². The van der Waals surface area contributed by atoms with Crippen molar-refractivity contribution >= 4 is 29.1 Å². The molecule has 2 heterocycles. The summed E-state index contributed by atoms with van der Waals surface area (Å²) in [5.41, 5.74) is 4.87. The number of fused-ring (bicyclic) bond motifs is 1. The third kappa shape index (κ3) is 4.86. The summed E-state index contributed by atoms with van der Waals surface area (Å²) in [4.78, 5) is 33.9. The third-order valence-corrected chi connectivity index (χ3v) is 7.13. The molecule has 0 spiro atoms. The number of carbonyl (C=O) groups is 1. The van der Waals surface area contributed by atoms with Gasteiger partial charge in [-0.05, 0) is 54.7 Å². The Bertz CT molecular complexity index is 1440. The van der Waals surface area contributed by atoms with Crippen LogP contribution in [0.4, 0.5) is 5.69 Å². The Balaban J connectivity index is 1.88. The van der Waals surface area contributed by atoms with E-state index in [1.54, 1.807) is 18.4 Å². The lowest BCUT2D eigenvalue weighted by atomic mass is 9.93. The molecule has 2 aromatic carbocycles. The van der Waals surface area contributed by atoms with Gasteiger partial charge in [-0.1, -0.05) is 61.6 Å². The van der Waals surface area contributed by atoms with Gasteiger partial charge in [0.1, 0.15) is 0 Å². The fraction of sp³-hybridized carbons (Fsp3) is 0.321. The summed E-state index contributed by atoms with van der Waals surface area (Å²) in [6.45, 7) is 8.10. The van der Waals surface area contributed by atoms with Crippen LogP contribution >= 0.6 is 11.3 Å². The van der Waals surface area contributed by atoms with E-state index in [-0.39, 0.29) is 12.2 Å². The molecule has 0 saturated carbocycles. The van der Waals surface area contributed by atoms with Crippen molar-refractivity contribution in [3.05, 3.63) is 96.2 Å². The maximum Gasteiger partial charge on any atom is 0.338 e. The number of aromatic nitrogens is 1. The second-order valence-corrected chi connectivity index (χ2v) is 10.1. The predicted molar refractivity (Wildman–Crippen MR) is 142 cm³/mol. The maximum atomic E-state index is 13.7. The van der Waals surface area contributed by atoms with Crippen molar-refractivity contribution in [2.45, 2.75) is 39.7 Å². The highest BCUT2D eigenvalue weighted by Crippen LogP contribution is 2.31. The van der Waals surface area contributed by atoms with Crippen LogP contribution in [0.15, 0.2) is 69.6 Å². The van der Waals surface area contributed by atoms with Gasteiger partial charge in [-0.25, -0.2) is 9.79 Å². The van der Waals surface area contributed by atoms with Gasteiger partial charge in [0.05, 0.1) is 28.5 Å². The monoisotopic (exact) mass is 489 g/mol. The number of ether oxygens (including phenoxy) is 1. The van der Waals surface area contributed by atoms with E-state index in [9.17, 15) is 9.59 Å². The molecule has 182 valence electrons. The molecule has 0 bridgehead atoms. The Kier molecular flexibility index (Phi) is 7.08. The zero-order valence-corrected chi connectivity index (χ0v) is 21.8. The van der Waals surface area contributed by atoms with Gasteiger partial charge in [0, 0.05) is 19.8 Å². The second-order valence-electron chi connectivity index (χ2n) is 9.11. The fourth-order valence-corrected chi connectivity index (χ4v) is 5.24. The molecule has 0 fully saturated rings. The first-order valence-electron chi connectivity index (χ1n) is 11.8. The van der Waals surface area contributed by atoms with Crippen LogP contribution in [-0.2, 0) is 9.53 Å². The lowest BCUT2D eigenvalue weighted by Gasteiger charge is -2.25. The van der Waals surface area contributed by atoms with E-state index in [0.717, 1.165) is 16.8 Å². The highest BCUT2D eigenvalue weighted by molar-refractivity contribution is 7.07. The topological polar surface area (TPSA) is 63.9 Å². The Morgan fingerprint density at radius 2 is 1.80 bits per heavy atom. The molecule has 1 aliphatic rings. The van der Waals surface area contributed by atoms with Crippen LogP contribution in [0.2, 0.25) is 0 Å². The summed E-state index contributed by atoms with van der Waals surface area (Å²) < 4.78 is 7.58. The van der Waals surface area contributed by atoms with E-state index in [1.165, 1.54) is 16.9 Å². The number of thiazole rings is 1. The van der Waals surface area contributed by atoms with Crippen LogP contribution in [-0.4, -0.2) is 31.2 Å². The quantitative estimate of drug-likeness (QED) is 0.491. The van der Waals surface area contributed by atoms with E-state index in [1.807, 2.05) is 61.5 Å². The largest absolute Gasteiger partial charge is 0.463 e. The molecule has 1 aliphatic heterocycles. The first kappa shape index (κ1) is 24.7. The predicted octanol–water partition coefficient (Wildman–Crippen LogP) is 3.99. The standard InChI is InChI=1S/C28H31N3O3S/c1-7-34-27(33)24-18(4)29-28-31(25(24)21-12-10-20(11-13-21)17(2)3)26(32)23(35-28)16-19-8-14-22(15-9-19)30(5)6/h8-17,25H,7H2,1-6H3/b23-16-/t25-/m1/s1. The summed E-state index contributed by atoms with van der Waals surface area (Å²) in [5.74, 6) is -0.0630. The zero-order valence-electron chi connectivity index (χ0n) is 21.0. The van der Waals surface area contributed by atoms with E-state index in [4.69, 9.17) is 4.74 Å². The van der Waals surface area contributed by atoms with Gasteiger partial charge in [0.25, 0.3) is 5.56 Å². The molecule has 0 radical (unpaired) electrons. The SMILES string of the molecule is CCOC(=O)C1=C(C)N=c2s/c(=C\c3ccc(N(C)C)cc3)c(=O)n2[C@@H]1c1ccc(C(C)C)cc1. The lowest BCUT2D eigenvalue weighted by molar-refractivity contribution is -0.139. The van der Waals surface area contributed by atoms with Crippen LogP contribution < -0.4 is 19.8 Å². The summed E-state index contributed by atoms with van der Waals surface area (Å²) >= 11 is 1.34. The summed E-state index contributed by atoms with van der Waals surface area (Å²) in [7, 11) is 3.98. The van der Waals surface area contributed by atoms with E-state index < -0.39 is 12.0 Å². The molecule has 4 rings (SSSR count). The van der Waals surface area contributed by atoms with Crippen LogP contribution in [0, 0.1) is 0 Å². The smallest absolute Gasteiger partial charge is 0.338 e. The number of carbonyl (C=O) groups excluding carboxylic acids is 1. The highest BCUT2D eigenvalue weighted by Gasteiger charge is 2.33. The second kappa shape index (κ2) is 10.0. The molecule has 7 heteroatoms. The van der Waals surface area contributed by atoms with Gasteiger partial charge in [-0.15, -0.1) is 0 Å². The van der Waals surface area contributed by atoms with E-state index in [0.29, 0.717) is 26.5 Å². The zero-order chi connectivity index (χ0) is 25.3. The molecule has 1 atom stereocenters. The molecule has 3 aromatic rings. The summed E-state index contributed by atoms with van der Waals surface area (Å²) in [6, 6.07) is 15.5. The number of hydrogen-bond acceptors (Lipinski definition) is 6. The average molecular weight is 490 g/mol. The molecule has 0 N–H and O–H groups in total. The van der Waals surface area contributed by atoms with Crippen LogP contribution in [0.3, 0.4) is 0 Å². The average Bonchev–Trinajstić information content (AvgIpc) is 3.13. The van der Waals surface area contributed by atoms with Crippen molar-refractivity contribution in [3.63, 3.8) is 0 Å². The molecule has 0 aliphatic carbocycles. The summed E-state index contributed by atoms with van der Waals surface area (Å²) in [6.07, 6.45) is 1.88. The number of hydrogen-bond donors (Lipinski definition) is 0. The number of nitrogens with zero attached hydrogens (tertiary/aromatic N) is 3. The van der Waals surface area contributed by atoms with Crippen LogP contribution in [0.25, 0.3) is 6.08 Å². The van der Waals surface area contributed by atoms with Crippen molar-refractivity contribution in [2.75, 3.05) is 25.6 Å². The molecule has 1 aromatic heterocycles. The van der Waals surface area contributed by atoms with Gasteiger partial charge in [0.2, 0.25) is 0 Å². The molecule has 6 nitrogen and oxygen atoms in total. The number of esters is 1. The first-order chi connectivity index (χ1) is 16.7. The van der Waals surface area contributed by atoms with Gasteiger partial charge in [-0.2, -0.15) is 0 Å². The van der Waals surface area contributed by atoms with Crippen molar-refractivity contribution in [3.8, 4) is 0 Å². The fourth-order valence-electron chi connectivity index (χ4n) is 4.19. The minimum atomic E-state index is -0.593. The van der Waals surface area contributed by atoms with Crippen molar-refractivity contribution < 1.29 is 9.53 Å². The number of rotatable bonds is 6. The van der Waals surface area contributed by atoms with Gasteiger partial charge in [-0.3, -0.25) is 9.36 Å². The van der Waals surface area contributed by atoms with E-state index in [2.05, 4.69) is 31.0 Å². The molecule has 0 saturated heterocycles. The molecule has 0 amide bonds.